The first-order chi connectivity index (χ1) is 12.2. The highest BCUT2D eigenvalue weighted by molar-refractivity contribution is 5.94. The fourth-order valence-electron chi connectivity index (χ4n) is 3.28. The van der Waals surface area contributed by atoms with Gasteiger partial charge in [0.15, 0.2) is 0 Å². The highest BCUT2D eigenvalue weighted by atomic mass is 16.5. The monoisotopic (exact) mass is 345 g/mol. The molecule has 1 saturated heterocycles. The Morgan fingerprint density at radius 3 is 2.32 bits per heavy atom. The SMILES string of the molecule is CCOC(=O)CCCCCCc1ccc(C(=O)N2CCCCC2)cc1. The number of hydrogen-bond donors (Lipinski definition) is 0. The molecule has 1 aliphatic rings. The normalized spacial score (nSPS) is 14.4. The molecule has 0 aliphatic carbocycles. The third kappa shape index (κ3) is 6.89. The maximum absolute atomic E-state index is 12.4. The molecule has 0 unspecified atom stereocenters. The molecule has 0 atom stereocenters. The third-order valence-electron chi connectivity index (χ3n) is 4.75. The largest absolute Gasteiger partial charge is 0.466 e. The van der Waals surface area contributed by atoms with Crippen LogP contribution >= 0.6 is 0 Å². The maximum atomic E-state index is 12.4. The van der Waals surface area contributed by atoms with E-state index in [1.165, 1.54) is 12.0 Å². The Kier molecular flexibility index (Phi) is 8.50. The van der Waals surface area contributed by atoms with E-state index in [4.69, 9.17) is 4.74 Å². The number of unbranched alkanes of at least 4 members (excludes halogenated alkanes) is 3. The lowest BCUT2D eigenvalue weighted by Gasteiger charge is -2.26. The van der Waals surface area contributed by atoms with E-state index in [9.17, 15) is 9.59 Å². The summed E-state index contributed by atoms with van der Waals surface area (Å²) in [4.78, 5) is 25.7. The smallest absolute Gasteiger partial charge is 0.305 e. The number of carbonyl (C=O) groups excluding carboxylic acids is 2. The first-order valence-corrected chi connectivity index (χ1v) is 9.74. The van der Waals surface area contributed by atoms with E-state index in [2.05, 4.69) is 12.1 Å². The minimum absolute atomic E-state index is 0.0866. The highest BCUT2D eigenvalue weighted by Gasteiger charge is 2.17. The predicted octanol–water partition coefficient (Wildman–Crippen LogP) is 4.37. The Labute approximate surface area is 151 Å². The van der Waals surface area contributed by atoms with Gasteiger partial charge in [-0.25, -0.2) is 0 Å². The molecule has 0 radical (unpaired) electrons. The van der Waals surface area contributed by atoms with E-state index >= 15 is 0 Å². The van der Waals surface area contributed by atoms with Crippen LogP contribution in [0.1, 0.15) is 74.2 Å². The number of hydrogen-bond acceptors (Lipinski definition) is 3. The Balaban J connectivity index is 1.65. The van der Waals surface area contributed by atoms with E-state index in [0.717, 1.165) is 63.6 Å². The number of benzene rings is 1. The van der Waals surface area contributed by atoms with Crippen molar-refractivity contribution in [3.8, 4) is 0 Å². The number of ether oxygens (including phenoxy) is 1. The molecule has 1 aromatic carbocycles. The minimum Gasteiger partial charge on any atom is -0.466 e. The molecule has 0 bridgehead atoms. The molecule has 0 saturated carbocycles. The van der Waals surface area contributed by atoms with Gasteiger partial charge in [-0.15, -0.1) is 0 Å². The Morgan fingerprint density at radius 2 is 1.64 bits per heavy atom. The molecule has 0 spiro atoms. The zero-order valence-electron chi connectivity index (χ0n) is 15.5. The fraction of sp³-hybridized carbons (Fsp3) is 0.619. The lowest BCUT2D eigenvalue weighted by molar-refractivity contribution is -0.143. The van der Waals surface area contributed by atoms with Crippen LogP contribution in [0.15, 0.2) is 24.3 Å². The number of amides is 1. The molecular formula is C21H31NO3. The van der Waals surface area contributed by atoms with Crippen molar-refractivity contribution in [2.24, 2.45) is 0 Å². The van der Waals surface area contributed by atoms with Gasteiger partial charge in [-0.2, -0.15) is 0 Å². The zero-order valence-corrected chi connectivity index (χ0v) is 15.5. The summed E-state index contributed by atoms with van der Waals surface area (Å²) in [7, 11) is 0. The fourth-order valence-corrected chi connectivity index (χ4v) is 3.28. The van der Waals surface area contributed by atoms with Crippen molar-refractivity contribution in [1.29, 1.82) is 0 Å². The van der Waals surface area contributed by atoms with Crippen LogP contribution in [-0.2, 0) is 16.0 Å². The standard InChI is InChI=1S/C21H31NO3/c1-2-25-20(23)11-7-4-3-6-10-18-12-14-19(15-13-18)21(24)22-16-8-5-9-17-22/h12-15H,2-11,16-17H2,1H3. The first-order valence-electron chi connectivity index (χ1n) is 9.74. The average Bonchev–Trinajstić information content (AvgIpc) is 2.65. The van der Waals surface area contributed by atoms with Crippen LogP contribution in [0, 0.1) is 0 Å². The Morgan fingerprint density at radius 1 is 0.960 bits per heavy atom. The number of carbonyl (C=O) groups is 2. The van der Waals surface area contributed by atoms with Crippen molar-refractivity contribution in [1.82, 2.24) is 4.90 Å². The molecule has 2 rings (SSSR count). The van der Waals surface area contributed by atoms with Crippen LogP contribution in [0.2, 0.25) is 0 Å². The average molecular weight is 345 g/mol. The molecule has 4 nitrogen and oxygen atoms in total. The van der Waals surface area contributed by atoms with Crippen molar-refractivity contribution >= 4 is 11.9 Å². The lowest BCUT2D eigenvalue weighted by Crippen LogP contribution is -2.35. The second-order valence-corrected chi connectivity index (χ2v) is 6.77. The predicted molar refractivity (Wildman–Crippen MR) is 99.6 cm³/mol. The number of nitrogens with zero attached hydrogens (tertiary/aromatic N) is 1. The molecule has 1 amide bonds. The van der Waals surface area contributed by atoms with Crippen molar-refractivity contribution in [3.05, 3.63) is 35.4 Å². The zero-order chi connectivity index (χ0) is 17.9. The summed E-state index contributed by atoms with van der Waals surface area (Å²) >= 11 is 0. The van der Waals surface area contributed by atoms with Crippen molar-refractivity contribution in [2.75, 3.05) is 19.7 Å². The van der Waals surface area contributed by atoms with Crippen LogP contribution in [-0.4, -0.2) is 36.5 Å². The van der Waals surface area contributed by atoms with Gasteiger partial charge in [0.2, 0.25) is 0 Å². The van der Waals surface area contributed by atoms with Crippen LogP contribution in [0.4, 0.5) is 0 Å². The third-order valence-corrected chi connectivity index (χ3v) is 4.75. The summed E-state index contributed by atoms with van der Waals surface area (Å²) in [6.45, 7) is 4.09. The topological polar surface area (TPSA) is 46.6 Å². The number of likely N-dealkylation sites (tertiary alicyclic amines) is 1. The number of piperidine rings is 1. The first kappa shape index (κ1) is 19.5. The van der Waals surface area contributed by atoms with Gasteiger partial charge in [0, 0.05) is 25.1 Å². The minimum atomic E-state index is -0.0866. The van der Waals surface area contributed by atoms with Crippen LogP contribution in [0.25, 0.3) is 0 Å². The highest BCUT2D eigenvalue weighted by Crippen LogP contribution is 2.15. The maximum Gasteiger partial charge on any atom is 0.305 e. The summed E-state index contributed by atoms with van der Waals surface area (Å²) in [5, 5.41) is 0. The van der Waals surface area contributed by atoms with Crippen molar-refractivity contribution < 1.29 is 14.3 Å². The van der Waals surface area contributed by atoms with E-state index < -0.39 is 0 Å². The molecule has 1 aliphatic heterocycles. The molecule has 0 N–H and O–H groups in total. The molecule has 1 fully saturated rings. The van der Waals surface area contributed by atoms with Gasteiger partial charge in [-0.1, -0.05) is 25.0 Å². The van der Waals surface area contributed by atoms with Gasteiger partial charge < -0.3 is 9.64 Å². The molecule has 25 heavy (non-hydrogen) atoms. The lowest BCUT2D eigenvalue weighted by atomic mass is 10.0. The molecule has 1 aromatic rings. The van der Waals surface area contributed by atoms with Crippen LogP contribution in [0.5, 0.6) is 0 Å². The van der Waals surface area contributed by atoms with E-state index in [1.807, 2.05) is 24.0 Å². The van der Waals surface area contributed by atoms with Crippen molar-refractivity contribution in [2.45, 2.75) is 64.7 Å². The number of aryl methyl sites for hydroxylation is 1. The van der Waals surface area contributed by atoms with E-state index in [1.54, 1.807) is 0 Å². The quantitative estimate of drug-likeness (QED) is 0.493. The van der Waals surface area contributed by atoms with Gasteiger partial charge in [-0.3, -0.25) is 9.59 Å². The molecule has 0 aromatic heterocycles. The van der Waals surface area contributed by atoms with E-state index in [0.29, 0.717) is 13.0 Å². The summed E-state index contributed by atoms with van der Waals surface area (Å²) in [5.74, 6) is 0.0849. The van der Waals surface area contributed by atoms with Crippen LogP contribution < -0.4 is 0 Å². The second kappa shape index (κ2) is 10.9. The second-order valence-electron chi connectivity index (χ2n) is 6.77. The van der Waals surface area contributed by atoms with Gasteiger partial charge in [0.05, 0.1) is 6.61 Å². The summed E-state index contributed by atoms with van der Waals surface area (Å²) < 4.78 is 4.92. The van der Waals surface area contributed by atoms with E-state index in [-0.39, 0.29) is 11.9 Å². The molecule has 1 heterocycles. The number of rotatable bonds is 9. The molecule has 4 heteroatoms. The summed E-state index contributed by atoms with van der Waals surface area (Å²) in [6, 6.07) is 8.09. The van der Waals surface area contributed by atoms with Crippen molar-refractivity contribution in [3.63, 3.8) is 0 Å². The Bertz CT molecular complexity index is 533. The summed E-state index contributed by atoms with van der Waals surface area (Å²) in [6.07, 6.45) is 9.24. The Hall–Kier alpha value is -1.84. The van der Waals surface area contributed by atoms with Gasteiger partial charge in [0.25, 0.3) is 5.91 Å². The molecular weight excluding hydrogens is 314 g/mol. The summed E-state index contributed by atoms with van der Waals surface area (Å²) in [5.41, 5.74) is 2.08. The molecule has 138 valence electrons. The van der Waals surface area contributed by atoms with Gasteiger partial charge >= 0.3 is 5.97 Å². The van der Waals surface area contributed by atoms with Gasteiger partial charge in [0.1, 0.15) is 0 Å². The van der Waals surface area contributed by atoms with Gasteiger partial charge in [-0.05, 0) is 63.1 Å². The van der Waals surface area contributed by atoms with Crippen LogP contribution in [0.3, 0.4) is 0 Å². The number of esters is 1.